The maximum absolute atomic E-state index is 5.52. The van der Waals surface area contributed by atoms with Crippen LogP contribution in [-0.4, -0.2) is 46.7 Å². The van der Waals surface area contributed by atoms with Gasteiger partial charge in [-0.3, -0.25) is 0 Å². The standard InChI is InChI=1S/C7H11N5OS/c8-6(14)5-7(10-11-9-5)12-1-3-13-4-2-12/h1-4H2,(H2,8,14)(H,9,10,11). The lowest BCUT2D eigenvalue weighted by Crippen LogP contribution is -2.37. The van der Waals surface area contributed by atoms with Crippen LogP contribution in [-0.2, 0) is 4.74 Å². The van der Waals surface area contributed by atoms with Gasteiger partial charge in [0.1, 0.15) is 4.99 Å². The van der Waals surface area contributed by atoms with Crippen molar-refractivity contribution in [2.75, 3.05) is 31.2 Å². The topological polar surface area (TPSA) is 80.1 Å². The summed E-state index contributed by atoms with van der Waals surface area (Å²) in [6.07, 6.45) is 0. The summed E-state index contributed by atoms with van der Waals surface area (Å²) in [6, 6.07) is 0. The summed E-state index contributed by atoms with van der Waals surface area (Å²) in [6.45, 7) is 2.98. The second-order valence-corrected chi connectivity index (χ2v) is 3.40. The number of aromatic nitrogens is 3. The minimum absolute atomic E-state index is 0.264. The largest absolute Gasteiger partial charge is 0.388 e. The molecule has 0 amide bonds. The Morgan fingerprint density at radius 2 is 2.14 bits per heavy atom. The molecule has 1 fully saturated rings. The molecule has 7 heteroatoms. The van der Waals surface area contributed by atoms with E-state index in [-0.39, 0.29) is 4.99 Å². The third-order valence-corrected chi connectivity index (χ3v) is 2.27. The number of nitrogens with one attached hydrogen (secondary N) is 1. The van der Waals surface area contributed by atoms with Crippen LogP contribution in [0.2, 0.25) is 0 Å². The Morgan fingerprint density at radius 3 is 2.79 bits per heavy atom. The summed E-state index contributed by atoms with van der Waals surface area (Å²) in [5, 5.41) is 10.5. The van der Waals surface area contributed by atoms with Crippen LogP contribution in [0, 0.1) is 0 Å². The molecular weight excluding hydrogens is 202 g/mol. The lowest BCUT2D eigenvalue weighted by atomic mass is 10.3. The molecule has 0 atom stereocenters. The van der Waals surface area contributed by atoms with Crippen LogP contribution >= 0.6 is 12.2 Å². The van der Waals surface area contributed by atoms with Crippen LogP contribution in [0.5, 0.6) is 0 Å². The summed E-state index contributed by atoms with van der Waals surface area (Å²) < 4.78 is 5.23. The van der Waals surface area contributed by atoms with Crippen molar-refractivity contribution in [3.05, 3.63) is 5.69 Å². The lowest BCUT2D eigenvalue weighted by Gasteiger charge is -2.26. The van der Waals surface area contributed by atoms with Gasteiger partial charge in [0.15, 0.2) is 11.5 Å². The Kier molecular flexibility index (Phi) is 2.60. The second kappa shape index (κ2) is 3.89. The lowest BCUT2D eigenvalue weighted by molar-refractivity contribution is 0.122. The number of nitrogens with two attached hydrogens (primary N) is 1. The zero-order chi connectivity index (χ0) is 9.97. The van der Waals surface area contributed by atoms with Gasteiger partial charge in [0.2, 0.25) is 0 Å². The third kappa shape index (κ3) is 1.68. The number of anilines is 1. The third-order valence-electron chi connectivity index (χ3n) is 2.07. The van der Waals surface area contributed by atoms with Crippen molar-refractivity contribution in [3.8, 4) is 0 Å². The Labute approximate surface area is 86.4 Å². The SMILES string of the molecule is NC(=S)c1n[nH]nc1N1CCOCC1. The molecule has 1 aromatic heterocycles. The van der Waals surface area contributed by atoms with Gasteiger partial charge in [0.05, 0.1) is 13.2 Å². The summed E-state index contributed by atoms with van der Waals surface area (Å²) in [5.74, 6) is 0.723. The first-order valence-corrected chi connectivity index (χ1v) is 4.73. The monoisotopic (exact) mass is 213 g/mol. The number of morpholine rings is 1. The van der Waals surface area contributed by atoms with Crippen molar-refractivity contribution in [3.63, 3.8) is 0 Å². The van der Waals surface area contributed by atoms with Crippen molar-refractivity contribution in [2.24, 2.45) is 5.73 Å². The van der Waals surface area contributed by atoms with Gasteiger partial charge in [0, 0.05) is 13.1 Å². The van der Waals surface area contributed by atoms with E-state index in [2.05, 4.69) is 20.3 Å². The van der Waals surface area contributed by atoms with Crippen LogP contribution < -0.4 is 10.6 Å². The maximum Gasteiger partial charge on any atom is 0.181 e. The molecule has 1 aliphatic heterocycles. The van der Waals surface area contributed by atoms with E-state index in [1.165, 1.54) is 0 Å². The highest BCUT2D eigenvalue weighted by molar-refractivity contribution is 7.80. The number of hydrogen-bond acceptors (Lipinski definition) is 5. The first-order chi connectivity index (χ1) is 6.79. The summed E-state index contributed by atoms with van der Waals surface area (Å²) >= 11 is 4.87. The number of rotatable bonds is 2. The molecule has 0 spiro atoms. The van der Waals surface area contributed by atoms with Gasteiger partial charge in [-0.05, 0) is 0 Å². The van der Waals surface area contributed by atoms with Crippen molar-refractivity contribution >= 4 is 23.0 Å². The minimum atomic E-state index is 0.264. The Balaban J connectivity index is 2.21. The normalized spacial score (nSPS) is 17.0. The molecule has 1 saturated heterocycles. The van der Waals surface area contributed by atoms with Crippen LogP contribution in [0.25, 0.3) is 0 Å². The highest BCUT2D eigenvalue weighted by Crippen LogP contribution is 2.15. The molecule has 1 aliphatic rings. The van der Waals surface area contributed by atoms with Crippen LogP contribution in [0.1, 0.15) is 5.69 Å². The number of H-pyrrole nitrogens is 1. The Bertz CT molecular complexity index is 333. The molecule has 0 bridgehead atoms. The fourth-order valence-corrected chi connectivity index (χ4v) is 1.52. The van der Waals surface area contributed by atoms with Crippen molar-refractivity contribution in [2.45, 2.75) is 0 Å². The first kappa shape index (κ1) is 9.35. The van der Waals surface area contributed by atoms with Crippen LogP contribution in [0.4, 0.5) is 5.82 Å². The molecule has 0 aromatic carbocycles. The first-order valence-electron chi connectivity index (χ1n) is 4.32. The molecule has 6 nitrogen and oxygen atoms in total. The molecule has 0 radical (unpaired) electrons. The zero-order valence-electron chi connectivity index (χ0n) is 7.56. The van der Waals surface area contributed by atoms with E-state index in [1.54, 1.807) is 0 Å². The quantitative estimate of drug-likeness (QED) is 0.631. The molecule has 0 unspecified atom stereocenters. The Morgan fingerprint density at radius 1 is 1.43 bits per heavy atom. The van der Waals surface area contributed by atoms with E-state index >= 15 is 0 Å². The molecular formula is C7H11N5OS. The van der Waals surface area contributed by atoms with E-state index < -0.39 is 0 Å². The molecule has 76 valence electrons. The molecule has 0 aliphatic carbocycles. The van der Waals surface area contributed by atoms with Gasteiger partial charge in [-0.1, -0.05) is 12.2 Å². The van der Waals surface area contributed by atoms with Crippen molar-refractivity contribution in [1.29, 1.82) is 0 Å². The van der Waals surface area contributed by atoms with E-state index in [9.17, 15) is 0 Å². The van der Waals surface area contributed by atoms with Gasteiger partial charge in [-0.25, -0.2) is 0 Å². The fourth-order valence-electron chi connectivity index (χ4n) is 1.39. The highest BCUT2D eigenvalue weighted by atomic mass is 32.1. The summed E-state index contributed by atoms with van der Waals surface area (Å²) in [4.78, 5) is 2.32. The average molecular weight is 213 g/mol. The van der Waals surface area contributed by atoms with Crippen LogP contribution in [0.3, 0.4) is 0 Å². The van der Waals surface area contributed by atoms with Gasteiger partial charge in [0.25, 0.3) is 0 Å². The molecule has 2 heterocycles. The van der Waals surface area contributed by atoms with E-state index in [0.29, 0.717) is 18.9 Å². The van der Waals surface area contributed by atoms with Crippen molar-refractivity contribution < 1.29 is 4.74 Å². The van der Waals surface area contributed by atoms with Gasteiger partial charge in [-0.2, -0.15) is 10.3 Å². The smallest absolute Gasteiger partial charge is 0.181 e. The Hall–Kier alpha value is -1.21. The number of ether oxygens (including phenoxy) is 1. The zero-order valence-corrected chi connectivity index (χ0v) is 8.38. The molecule has 0 saturated carbocycles. The highest BCUT2D eigenvalue weighted by Gasteiger charge is 2.19. The van der Waals surface area contributed by atoms with Crippen molar-refractivity contribution in [1.82, 2.24) is 15.4 Å². The van der Waals surface area contributed by atoms with Gasteiger partial charge in [-0.15, -0.1) is 5.10 Å². The number of aromatic amines is 1. The maximum atomic E-state index is 5.52. The van der Waals surface area contributed by atoms with Gasteiger partial charge < -0.3 is 15.4 Å². The fraction of sp³-hybridized carbons (Fsp3) is 0.571. The predicted octanol–water partition coefficient (Wildman–Crippen LogP) is -0.725. The predicted molar refractivity (Wildman–Crippen MR) is 55.3 cm³/mol. The summed E-state index contributed by atoms with van der Waals surface area (Å²) in [5.41, 5.74) is 6.07. The minimum Gasteiger partial charge on any atom is -0.388 e. The number of hydrogen-bond donors (Lipinski definition) is 2. The second-order valence-electron chi connectivity index (χ2n) is 2.96. The van der Waals surface area contributed by atoms with E-state index in [0.717, 1.165) is 18.9 Å². The summed E-state index contributed by atoms with van der Waals surface area (Å²) in [7, 11) is 0. The van der Waals surface area contributed by atoms with E-state index in [1.807, 2.05) is 0 Å². The molecule has 2 rings (SSSR count). The number of nitrogens with zero attached hydrogens (tertiary/aromatic N) is 3. The number of thiocarbonyl (C=S) groups is 1. The average Bonchev–Trinajstić information content (AvgIpc) is 2.67. The van der Waals surface area contributed by atoms with Crippen LogP contribution in [0.15, 0.2) is 0 Å². The molecule has 14 heavy (non-hydrogen) atoms. The molecule has 1 aromatic rings. The van der Waals surface area contributed by atoms with Gasteiger partial charge >= 0.3 is 0 Å². The molecule has 3 N–H and O–H groups in total. The van der Waals surface area contributed by atoms with E-state index in [4.69, 9.17) is 22.7 Å².